The molecule has 0 aromatic heterocycles. The summed E-state index contributed by atoms with van der Waals surface area (Å²) in [5.74, 6) is -2.41. The zero-order valence-corrected chi connectivity index (χ0v) is 8.15. The molecular formula is C11H12O3. The van der Waals surface area contributed by atoms with E-state index in [0.29, 0.717) is 5.56 Å². The number of benzene rings is 1. The average Bonchev–Trinajstić information content (AvgIpc) is 2.15. The predicted octanol–water partition coefficient (Wildman–Crippen LogP) is 1.90. The molecule has 1 N–H and O–H groups in total. The lowest BCUT2D eigenvalue weighted by Gasteiger charge is -2.05. The molecule has 0 amide bonds. The van der Waals surface area contributed by atoms with Crippen LogP contribution in [-0.4, -0.2) is 16.9 Å². The lowest BCUT2D eigenvalue weighted by atomic mass is 9.98. The molecule has 0 heterocycles. The predicted molar refractivity (Wildman–Crippen MR) is 52.3 cm³/mol. The van der Waals surface area contributed by atoms with E-state index in [1.165, 1.54) is 6.92 Å². The summed E-state index contributed by atoms with van der Waals surface area (Å²) in [6.45, 7) is 3.26. The highest BCUT2D eigenvalue weighted by molar-refractivity contribution is 6.07. The number of carbonyl (C=O) groups is 2. The number of aliphatic carboxylic acids is 1. The summed E-state index contributed by atoms with van der Waals surface area (Å²) in [5, 5.41) is 8.66. The molecule has 74 valence electrons. The molecule has 1 unspecified atom stereocenters. The van der Waals surface area contributed by atoms with Crippen molar-refractivity contribution in [3.05, 3.63) is 35.4 Å². The molecule has 3 heteroatoms. The van der Waals surface area contributed by atoms with Crippen molar-refractivity contribution < 1.29 is 14.7 Å². The average molecular weight is 192 g/mol. The lowest BCUT2D eigenvalue weighted by Crippen LogP contribution is -2.20. The van der Waals surface area contributed by atoms with Crippen LogP contribution in [0.2, 0.25) is 0 Å². The molecule has 14 heavy (non-hydrogen) atoms. The Labute approximate surface area is 82.4 Å². The van der Waals surface area contributed by atoms with Crippen LogP contribution >= 0.6 is 0 Å². The van der Waals surface area contributed by atoms with Crippen molar-refractivity contribution in [2.24, 2.45) is 5.92 Å². The zero-order valence-electron chi connectivity index (χ0n) is 8.15. The summed E-state index contributed by atoms with van der Waals surface area (Å²) in [6.07, 6.45) is 0. The van der Waals surface area contributed by atoms with Gasteiger partial charge in [0.15, 0.2) is 5.78 Å². The summed E-state index contributed by atoms with van der Waals surface area (Å²) in [5.41, 5.74) is 1.41. The van der Waals surface area contributed by atoms with Crippen LogP contribution in [-0.2, 0) is 4.79 Å². The van der Waals surface area contributed by atoms with Crippen LogP contribution in [0, 0.1) is 12.8 Å². The van der Waals surface area contributed by atoms with E-state index < -0.39 is 11.9 Å². The highest BCUT2D eigenvalue weighted by Gasteiger charge is 2.21. The van der Waals surface area contributed by atoms with Gasteiger partial charge >= 0.3 is 5.97 Å². The molecule has 1 aromatic rings. The molecule has 3 nitrogen and oxygen atoms in total. The second-order valence-corrected chi connectivity index (χ2v) is 3.29. The smallest absolute Gasteiger partial charge is 0.314 e. The molecule has 1 rings (SSSR count). The van der Waals surface area contributed by atoms with Crippen molar-refractivity contribution >= 4 is 11.8 Å². The van der Waals surface area contributed by atoms with Gasteiger partial charge in [0.25, 0.3) is 0 Å². The Bertz CT molecular complexity index is 369. The summed E-state index contributed by atoms with van der Waals surface area (Å²) >= 11 is 0. The first kappa shape index (κ1) is 10.4. The normalized spacial score (nSPS) is 12.1. The van der Waals surface area contributed by atoms with Crippen molar-refractivity contribution in [3.63, 3.8) is 0 Å². The van der Waals surface area contributed by atoms with Gasteiger partial charge in [0.1, 0.15) is 5.92 Å². The Balaban J connectivity index is 2.95. The standard InChI is InChI=1S/C11H12O3/c1-7-4-3-5-9(6-7)10(12)8(2)11(13)14/h3-6,8H,1-2H3,(H,13,14). The molecule has 0 spiro atoms. The first-order chi connectivity index (χ1) is 6.52. The van der Waals surface area contributed by atoms with Crippen molar-refractivity contribution in [2.75, 3.05) is 0 Å². The van der Waals surface area contributed by atoms with Gasteiger partial charge < -0.3 is 5.11 Å². The van der Waals surface area contributed by atoms with Crippen molar-refractivity contribution in [2.45, 2.75) is 13.8 Å². The number of carboxylic acid groups (broad SMARTS) is 1. The monoisotopic (exact) mass is 192 g/mol. The Hall–Kier alpha value is -1.64. The molecule has 0 aliphatic heterocycles. The fourth-order valence-corrected chi connectivity index (χ4v) is 1.16. The number of Topliss-reactive ketones (excluding diaryl/α,β-unsaturated/α-hetero) is 1. The third-order valence-corrected chi connectivity index (χ3v) is 2.07. The molecular weight excluding hydrogens is 180 g/mol. The Morgan fingerprint density at radius 3 is 2.50 bits per heavy atom. The number of ketones is 1. The lowest BCUT2D eigenvalue weighted by molar-refractivity contribution is -0.139. The van der Waals surface area contributed by atoms with E-state index in [-0.39, 0.29) is 5.78 Å². The van der Waals surface area contributed by atoms with Gasteiger partial charge in [-0.1, -0.05) is 23.8 Å². The van der Waals surface area contributed by atoms with Gasteiger partial charge in [-0.3, -0.25) is 9.59 Å². The van der Waals surface area contributed by atoms with Crippen LogP contribution in [0.3, 0.4) is 0 Å². The summed E-state index contributed by atoms with van der Waals surface area (Å²) < 4.78 is 0. The van der Waals surface area contributed by atoms with Crippen LogP contribution in [0.1, 0.15) is 22.8 Å². The van der Waals surface area contributed by atoms with Crippen molar-refractivity contribution in [1.82, 2.24) is 0 Å². The quantitative estimate of drug-likeness (QED) is 0.587. The molecule has 0 saturated carbocycles. The van der Waals surface area contributed by atoms with E-state index in [0.717, 1.165) is 5.56 Å². The van der Waals surface area contributed by atoms with Gasteiger partial charge in [-0.25, -0.2) is 0 Å². The first-order valence-corrected chi connectivity index (χ1v) is 4.36. The van der Waals surface area contributed by atoms with Crippen LogP contribution in [0.4, 0.5) is 0 Å². The Morgan fingerprint density at radius 2 is 2.00 bits per heavy atom. The molecule has 0 aliphatic carbocycles. The van der Waals surface area contributed by atoms with Crippen molar-refractivity contribution in [1.29, 1.82) is 0 Å². The Morgan fingerprint density at radius 1 is 1.36 bits per heavy atom. The van der Waals surface area contributed by atoms with E-state index in [2.05, 4.69) is 0 Å². The van der Waals surface area contributed by atoms with Gasteiger partial charge in [-0.05, 0) is 19.9 Å². The third-order valence-electron chi connectivity index (χ3n) is 2.07. The van der Waals surface area contributed by atoms with E-state index in [1.807, 2.05) is 13.0 Å². The molecule has 0 bridgehead atoms. The number of carbonyl (C=O) groups excluding carboxylic acids is 1. The third kappa shape index (κ3) is 2.19. The molecule has 1 aromatic carbocycles. The highest BCUT2D eigenvalue weighted by atomic mass is 16.4. The van der Waals surface area contributed by atoms with Crippen molar-refractivity contribution in [3.8, 4) is 0 Å². The molecule has 0 saturated heterocycles. The fourth-order valence-electron chi connectivity index (χ4n) is 1.16. The second kappa shape index (κ2) is 4.05. The van der Waals surface area contributed by atoms with Gasteiger partial charge in [0, 0.05) is 5.56 Å². The maximum absolute atomic E-state index is 11.6. The molecule has 1 atom stereocenters. The van der Waals surface area contributed by atoms with Crippen LogP contribution < -0.4 is 0 Å². The maximum Gasteiger partial charge on any atom is 0.314 e. The summed E-state index contributed by atoms with van der Waals surface area (Å²) in [6, 6.07) is 6.94. The van der Waals surface area contributed by atoms with Gasteiger partial charge in [-0.2, -0.15) is 0 Å². The largest absolute Gasteiger partial charge is 0.481 e. The zero-order chi connectivity index (χ0) is 10.7. The Kier molecular flexibility index (Phi) is 3.02. The maximum atomic E-state index is 11.6. The van der Waals surface area contributed by atoms with Gasteiger partial charge in [0.2, 0.25) is 0 Å². The van der Waals surface area contributed by atoms with E-state index in [4.69, 9.17) is 5.11 Å². The minimum atomic E-state index is -1.09. The summed E-state index contributed by atoms with van der Waals surface area (Å²) in [7, 11) is 0. The summed E-state index contributed by atoms with van der Waals surface area (Å²) in [4.78, 5) is 22.1. The molecule has 0 aliphatic rings. The van der Waals surface area contributed by atoms with Gasteiger partial charge in [-0.15, -0.1) is 0 Å². The number of hydrogen-bond donors (Lipinski definition) is 1. The highest BCUT2D eigenvalue weighted by Crippen LogP contribution is 2.10. The second-order valence-electron chi connectivity index (χ2n) is 3.29. The van der Waals surface area contributed by atoms with Crippen LogP contribution in [0.15, 0.2) is 24.3 Å². The topological polar surface area (TPSA) is 54.4 Å². The molecule has 0 fully saturated rings. The number of aryl methyl sites for hydroxylation is 1. The van der Waals surface area contributed by atoms with Crippen LogP contribution in [0.25, 0.3) is 0 Å². The SMILES string of the molecule is Cc1cccc(C(=O)C(C)C(=O)O)c1. The minimum Gasteiger partial charge on any atom is -0.481 e. The van der Waals surface area contributed by atoms with Gasteiger partial charge in [0.05, 0.1) is 0 Å². The van der Waals surface area contributed by atoms with Crippen LogP contribution in [0.5, 0.6) is 0 Å². The number of hydrogen-bond acceptors (Lipinski definition) is 2. The van der Waals surface area contributed by atoms with E-state index in [1.54, 1.807) is 18.2 Å². The fraction of sp³-hybridized carbons (Fsp3) is 0.273. The number of rotatable bonds is 3. The van der Waals surface area contributed by atoms with E-state index >= 15 is 0 Å². The number of carboxylic acids is 1. The van der Waals surface area contributed by atoms with E-state index in [9.17, 15) is 9.59 Å². The molecule has 0 radical (unpaired) electrons. The first-order valence-electron chi connectivity index (χ1n) is 4.36. The minimum absolute atomic E-state index is 0.346.